The van der Waals surface area contributed by atoms with Crippen LogP contribution in [0.15, 0.2) is 34.1 Å². The Morgan fingerprint density at radius 1 is 1.47 bits per heavy atom. The van der Waals surface area contributed by atoms with Crippen molar-refractivity contribution in [3.05, 3.63) is 39.7 Å². The minimum atomic E-state index is -0.648. The van der Waals surface area contributed by atoms with E-state index in [9.17, 15) is 9.59 Å². The number of benzene rings is 1. The summed E-state index contributed by atoms with van der Waals surface area (Å²) in [6, 6.07) is 2.72. The minimum absolute atomic E-state index is 0.297. The van der Waals surface area contributed by atoms with Gasteiger partial charge in [0, 0.05) is 4.47 Å². The van der Waals surface area contributed by atoms with Crippen molar-refractivity contribution in [3.8, 4) is 0 Å². The molecule has 0 saturated heterocycles. The summed E-state index contributed by atoms with van der Waals surface area (Å²) in [5.74, 6) is -0.308. The van der Waals surface area contributed by atoms with E-state index >= 15 is 0 Å². The maximum Gasteiger partial charge on any atom is 0.323 e. The number of aromatic nitrogens is 2. The quantitative estimate of drug-likeness (QED) is 0.640. The van der Waals surface area contributed by atoms with Gasteiger partial charge >= 0.3 is 5.69 Å². The predicted molar refractivity (Wildman–Crippen MR) is 78.0 cm³/mol. The van der Waals surface area contributed by atoms with Gasteiger partial charge in [-0.05, 0) is 34.5 Å². The molecule has 1 atom stereocenters. The molecule has 0 aliphatic rings. The zero-order valence-corrected chi connectivity index (χ0v) is 11.6. The van der Waals surface area contributed by atoms with Gasteiger partial charge in [-0.25, -0.2) is 4.79 Å². The molecule has 0 spiro atoms. The first-order valence-corrected chi connectivity index (χ1v) is 6.39. The van der Waals surface area contributed by atoms with Gasteiger partial charge in [-0.15, -0.1) is 6.58 Å². The molecule has 100 valence electrons. The summed E-state index contributed by atoms with van der Waals surface area (Å²) in [7, 11) is 0. The minimum Gasteiger partial charge on any atom is -0.324 e. The van der Waals surface area contributed by atoms with Gasteiger partial charge in [0.2, 0.25) is 5.91 Å². The molecule has 19 heavy (non-hydrogen) atoms. The van der Waals surface area contributed by atoms with Crippen LogP contribution in [0.1, 0.15) is 6.42 Å². The van der Waals surface area contributed by atoms with Crippen LogP contribution >= 0.6 is 15.9 Å². The van der Waals surface area contributed by atoms with Crippen molar-refractivity contribution >= 4 is 38.6 Å². The van der Waals surface area contributed by atoms with Crippen molar-refractivity contribution in [2.75, 3.05) is 5.32 Å². The Morgan fingerprint density at radius 3 is 2.74 bits per heavy atom. The number of nitrogens with two attached hydrogens (primary N) is 1. The van der Waals surface area contributed by atoms with E-state index in [1.165, 1.54) is 0 Å². The first-order chi connectivity index (χ1) is 9.01. The van der Waals surface area contributed by atoms with Gasteiger partial charge in [0.25, 0.3) is 0 Å². The van der Waals surface area contributed by atoms with Crippen LogP contribution in [-0.2, 0) is 4.79 Å². The summed E-state index contributed by atoms with van der Waals surface area (Å²) >= 11 is 3.33. The zero-order valence-electron chi connectivity index (χ0n) is 10.00. The highest BCUT2D eigenvalue weighted by Crippen LogP contribution is 2.26. The van der Waals surface area contributed by atoms with Crippen LogP contribution in [0.3, 0.4) is 0 Å². The number of halogens is 1. The summed E-state index contributed by atoms with van der Waals surface area (Å²) in [5, 5.41) is 2.70. The number of aromatic amines is 2. The fourth-order valence-electron chi connectivity index (χ4n) is 1.66. The van der Waals surface area contributed by atoms with E-state index in [2.05, 4.69) is 37.8 Å². The standard InChI is InChI=1S/C12H13BrN4O2/c1-2-3-7(14)11(18)15-8-5-10-9(4-6(8)13)16-12(19)17-10/h2,4-5,7H,1,3,14H2,(H,15,18)(H2,16,17,19). The number of anilines is 1. The molecule has 1 heterocycles. The number of rotatable bonds is 4. The van der Waals surface area contributed by atoms with Crippen molar-refractivity contribution in [2.24, 2.45) is 5.73 Å². The zero-order chi connectivity index (χ0) is 14.0. The number of H-pyrrole nitrogens is 2. The Morgan fingerprint density at radius 2 is 2.11 bits per heavy atom. The maximum absolute atomic E-state index is 11.8. The third-order valence-electron chi connectivity index (χ3n) is 2.62. The van der Waals surface area contributed by atoms with E-state index in [4.69, 9.17) is 5.73 Å². The highest BCUT2D eigenvalue weighted by atomic mass is 79.9. The molecule has 2 rings (SSSR count). The summed E-state index contributed by atoms with van der Waals surface area (Å²) in [6.45, 7) is 3.54. The van der Waals surface area contributed by atoms with Gasteiger partial charge in [-0.1, -0.05) is 6.08 Å². The third-order valence-corrected chi connectivity index (χ3v) is 3.27. The van der Waals surface area contributed by atoms with E-state index in [1.54, 1.807) is 18.2 Å². The van der Waals surface area contributed by atoms with Crippen LogP contribution in [0.4, 0.5) is 5.69 Å². The van der Waals surface area contributed by atoms with Gasteiger partial charge in [0.1, 0.15) is 0 Å². The Hall–Kier alpha value is -1.86. The van der Waals surface area contributed by atoms with Gasteiger partial charge in [-0.2, -0.15) is 0 Å². The lowest BCUT2D eigenvalue weighted by molar-refractivity contribution is -0.117. The molecule has 1 unspecified atom stereocenters. The third kappa shape index (κ3) is 2.94. The molecule has 1 amide bonds. The van der Waals surface area contributed by atoms with E-state index < -0.39 is 6.04 Å². The number of amides is 1. The topological polar surface area (TPSA) is 104 Å². The Kier molecular flexibility index (Phi) is 3.87. The van der Waals surface area contributed by atoms with Crippen LogP contribution in [0.5, 0.6) is 0 Å². The summed E-state index contributed by atoms with van der Waals surface area (Å²) in [4.78, 5) is 28.2. The van der Waals surface area contributed by atoms with Crippen molar-refractivity contribution in [1.29, 1.82) is 0 Å². The van der Waals surface area contributed by atoms with E-state index in [0.717, 1.165) is 0 Å². The smallest absolute Gasteiger partial charge is 0.323 e. The fraction of sp³-hybridized carbons (Fsp3) is 0.167. The average molecular weight is 325 g/mol. The highest BCUT2D eigenvalue weighted by Gasteiger charge is 2.14. The van der Waals surface area contributed by atoms with E-state index in [1.807, 2.05) is 0 Å². The Labute approximate surface area is 117 Å². The van der Waals surface area contributed by atoms with E-state index in [-0.39, 0.29) is 11.6 Å². The van der Waals surface area contributed by atoms with Gasteiger partial charge in [0.05, 0.1) is 22.8 Å². The summed E-state index contributed by atoms with van der Waals surface area (Å²) < 4.78 is 0.661. The second-order valence-corrected chi connectivity index (χ2v) is 4.93. The second-order valence-electron chi connectivity index (χ2n) is 4.08. The first-order valence-electron chi connectivity index (χ1n) is 5.60. The molecule has 0 fully saturated rings. The molecule has 0 bridgehead atoms. The van der Waals surface area contributed by atoms with E-state index in [0.29, 0.717) is 27.6 Å². The molecule has 5 N–H and O–H groups in total. The number of nitrogens with one attached hydrogen (secondary N) is 3. The second kappa shape index (κ2) is 5.41. The molecular weight excluding hydrogens is 312 g/mol. The largest absolute Gasteiger partial charge is 0.324 e. The van der Waals surface area contributed by atoms with Crippen LogP contribution < -0.4 is 16.7 Å². The van der Waals surface area contributed by atoms with Gasteiger partial charge in [-0.3, -0.25) is 4.79 Å². The lowest BCUT2D eigenvalue weighted by Gasteiger charge is -2.11. The molecule has 2 aromatic rings. The average Bonchev–Trinajstić information content (AvgIpc) is 2.69. The molecule has 0 aliphatic heterocycles. The molecule has 0 aliphatic carbocycles. The number of carbonyl (C=O) groups is 1. The fourth-order valence-corrected chi connectivity index (χ4v) is 2.11. The van der Waals surface area contributed by atoms with Crippen LogP contribution in [0, 0.1) is 0 Å². The van der Waals surface area contributed by atoms with Gasteiger partial charge in [0.15, 0.2) is 0 Å². The summed E-state index contributed by atoms with van der Waals surface area (Å²) in [5.41, 5.74) is 7.20. The van der Waals surface area contributed by atoms with Gasteiger partial charge < -0.3 is 21.0 Å². The molecule has 1 aromatic heterocycles. The van der Waals surface area contributed by atoms with Crippen molar-refractivity contribution in [1.82, 2.24) is 9.97 Å². The predicted octanol–water partition coefficient (Wildman–Crippen LogP) is 1.46. The maximum atomic E-state index is 11.8. The Balaban J connectivity index is 2.29. The highest BCUT2D eigenvalue weighted by molar-refractivity contribution is 9.10. The number of imidazole rings is 1. The molecular formula is C12H13BrN4O2. The summed E-state index contributed by atoms with van der Waals surface area (Å²) in [6.07, 6.45) is 1.98. The lowest BCUT2D eigenvalue weighted by Crippen LogP contribution is -2.35. The number of hydrogen-bond donors (Lipinski definition) is 4. The van der Waals surface area contributed by atoms with Crippen molar-refractivity contribution in [2.45, 2.75) is 12.5 Å². The number of carbonyl (C=O) groups excluding carboxylic acids is 1. The first kappa shape index (κ1) is 13.6. The Bertz CT molecular complexity index is 689. The van der Waals surface area contributed by atoms with Crippen LogP contribution in [-0.4, -0.2) is 21.9 Å². The molecule has 7 heteroatoms. The SMILES string of the molecule is C=CCC(N)C(=O)Nc1cc2[nH]c(=O)[nH]c2cc1Br. The van der Waals surface area contributed by atoms with Crippen LogP contribution in [0.2, 0.25) is 0 Å². The van der Waals surface area contributed by atoms with Crippen molar-refractivity contribution in [3.63, 3.8) is 0 Å². The number of fused-ring (bicyclic) bond motifs is 1. The van der Waals surface area contributed by atoms with Crippen molar-refractivity contribution < 1.29 is 4.79 Å². The lowest BCUT2D eigenvalue weighted by atomic mass is 10.2. The normalized spacial score (nSPS) is 12.3. The van der Waals surface area contributed by atoms with Crippen LogP contribution in [0.25, 0.3) is 11.0 Å². The monoisotopic (exact) mass is 324 g/mol. The molecule has 1 aromatic carbocycles. The molecule has 6 nitrogen and oxygen atoms in total. The molecule has 0 radical (unpaired) electrons. The molecule has 0 saturated carbocycles. The number of hydrogen-bond acceptors (Lipinski definition) is 3.